The molecule has 0 spiro atoms. The molecule has 0 aliphatic heterocycles. The van der Waals surface area contributed by atoms with Crippen LogP contribution in [0.2, 0.25) is 0 Å². The summed E-state index contributed by atoms with van der Waals surface area (Å²) >= 11 is 0. The molecule has 0 amide bonds. The minimum atomic E-state index is -3.73. The van der Waals surface area contributed by atoms with Crippen LogP contribution >= 0.6 is 0 Å². The molecule has 0 saturated heterocycles. The van der Waals surface area contributed by atoms with Crippen LogP contribution in [0.3, 0.4) is 0 Å². The molecule has 0 radical (unpaired) electrons. The van der Waals surface area contributed by atoms with E-state index >= 15 is 0 Å². The summed E-state index contributed by atoms with van der Waals surface area (Å²) in [5.74, 6) is 0.0853. The van der Waals surface area contributed by atoms with Crippen molar-refractivity contribution in [1.29, 1.82) is 0 Å². The fourth-order valence-electron chi connectivity index (χ4n) is 2.33. The monoisotopic (exact) mass is 377 g/mol. The van der Waals surface area contributed by atoms with Crippen molar-refractivity contribution in [2.24, 2.45) is 0 Å². The quantitative estimate of drug-likeness (QED) is 0.617. The Labute approximate surface area is 149 Å². The Morgan fingerprint density at radius 3 is 2.54 bits per heavy atom. The standard InChI is InChI=1S/C18H16FNO5S/c1-20(10-11-24-15-5-3-14(19)4-6-15)26(22,23)16-7-8-17-13(12-16)2-9-18(21)25-17/h2-9,12H,10-11H2,1H3. The second-order valence-corrected chi connectivity index (χ2v) is 7.63. The molecule has 1 heterocycles. The van der Waals surface area contributed by atoms with Gasteiger partial charge >= 0.3 is 5.63 Å². The van der Waals surface area contributed by atoms with Gasteiger partial charge in [-0.05, 0) is 48.5 Å². The van der Waals surface area contributed by atoms with Crippen LogP contribution in [0.4, 0.5) is 4.39 Å². The first-order chi connectivity index (χ1) is 12.4. The molecule has 3 aromatic rings. The fourth-order valence-corrected chi connectivity index (χ4v) is 3.52. The van der Waals surface area contributed by atoms with Gasteiger partial charge < -0.3 is 9.15 Å². The number of hydrogen-bond donors (Lipinski definition) is 0. The molecule has 3 rings (SSSR count). The van der Waals surface area contributed by atoms with Crippen LogP contribution in [0.15, 0.2) is 68.7 Å². The van der Waals surface area contributed by atoms with Crippen molar-refractivity contribution in [3.05, 3.63) is 70.8 Å². The second-order valence-electron chi connectivity index (χ2n) is 5.58. The van der Waals surface area contributed by atoms with Gasteiger partial charge in [-0.2, -0.15) is 4.31 Å². The van der Waals surface area contributed by atoms with E-state index < -0.39 is 15.6 Å². The Morgan fingerprint density at radius 2 is 1.81 bits per heavy atom. The highest BCUT2D eigenvalue weighted by Gasteiger charge is 2.21. The number of benzene rings is 2. The Kier molecular flexibility index (Phi) is 5.06. The van der Waals surface area contributed by atoms with Gasteiger partial charge in [0.2, 0.25) is 10.0 Å². The minimum Gasteiger partial charge on any atom is -0.492 e. The normalized spacial score (nSPS) is 11.8. The average molecular weight is 377 g/mol. The highest BCUT2D eigenvalue weighted by atomic mass is 32.2. The number of nitrogens with zero attached hydrogens (tertiary/aromatic N) is 1. The molecule has 0 aliphatic carbocycles. The first-order valence-electron chi connectivity index (χ1n) is 7.75. The molecule has 2 aromatic carbocycles. The van der Waals surface area contributed by atoms with Gasteiger partial charge in [0.25, 0.3) is 0 Å². The van der Waals surface area contributed by atoms with E-state index in [0.717, 1.165) is 4.31 Å². The van der Waals surface area contributed by atoms with E-state index in [2.05, 4.69) is 0 Å². The molecule has 8 heteroatoms. The zero-order valence-corrected chi connectivity index (χ0v) is 14.7. The zero-order valence-electron chi connectivity index (χ0n) is 13.9. The Hall–Kier alpha value is -2.71. The van der Waals surface area contributed by atoms with E-state index in [1.165, 1.54) is 61.6 Å². The van der Waals surface area contributed by atoms with Crippen LogP contribution in [0.25, 0.3) is 11.0 Å². The predicted molar refractivity (Wildman–Crippen MR) is 94.2 cm³/mol. The molecule has 1 aromatic heterocycles. The molecule has 0 fully saturated rings. The molecule has 0 atom stereocenters. The van der Waals surface area contributed by atoms with Gasteiger partial charge in [0.05, 0.1) is 4.90 Å². The maximum Gasteiger partial charge on any atom is 0.336 e. The lowest BCUT2D eigenvalue weighted by atomic mass is 10.2. The summed E-state index contributed by atoms with van der Waals surface area (Å²) in [4.78, 5) is 11.3. The van der Waals surface area contributed by atoms with Crippen molar-refractivity contribution in [1.82, 2.24) is 4.31 Å². The van der Waals surface area contributed by atoms with Gasteiger partial charge in [-0.3, -0.25) is 0 Å². The summed E-state index contributed by atoms with van der Waals surface area (Å²) in [7, 11) is -2.29. The largest absolute Gasteiger partial charge is 0.492 e. The van der Waals surface area contributed by atoms with Gasteiger partial charge in [0.15, 0.2) is 0 Å². The number of likely N-dealkylation sites (N-methyl/N-ethyl adjacent to an activating group) is 1. The second kappa shape index (κ2) is 7.27. The van der Waals surface area contributed by atoms with Crippen LogP contribution < -0.4 is 10.4 Å². The SMILES string of the molecule is CN(CCOc1ccc(F)cc1)S(=O)(=O)c1ccc2oc(=O)ccc2c1. The summed E-state index contributed by atoms with van der Waals surface area (Å²) in [5.41, 5.74) is -0.179. The molecule has 0 unspecified atom stereocenters. The van der Waals surface area contributed by atoms with E-state index in [-0.39, 0.29) is 23.9 Å². The number of ether oxygens (including phenoxy) is 1. The third kappa shape index (κ3) is 3.92. The smallest absolute Gasteiger partial charge is 0.336 e. The van der Waals surface area contributed by atoms with Gasteiger partial charge in [-0.15, -0.1) is 0 Å². The van der Waals surface area contributed by atoms with Crippen molar-refractivity contribution in [3.8, 4) is 5.75 Å². The summed E-state index contributed by atoms with van der Waals surface area (Å²) in [6, 6.07) is 12.5. The van der Waals surface area contributed by atoms with E-state index in [9.17, 15) is 17.6 Å². The van der Waals surface area contributed by atoms with Crippen molar-refractivity contribution >= 4 is 21.0 Å². The number of fused-ring (bicyclic) bond motifs is 1. The minimum absolute atomic E-state index is 0.0862. The van der Waals surface area contributed by atoms with Gasteiger partial charge in [0.1, 0.15) is 23.8 Å². The van der Waals surface area contributed by atoms with Crippen molar-refractivity contribution < 1.29 is 22.0 Å². The van der Waals surface area contributed by atoms with Crippen LogP contribution in [0.5, 0.6) is 5.75 Å². The third-order valence-corrected chi connectivity index (χ3v) is 5.64. The number of sulfonamides is 1. The molecule has 136 valence electrons. The summed E-state index contributed by atoms with van der Waals surface area (Å²) in [6.07, 6.45) is 0. The molecule has 0 aliphatic rings. The lowest BCUT2D eigenvalue weighted by molar-refractivity contribution is 0.286. The van der Waals surface area contributed by atoms with E-state index in [1.807, 2.05) is 0 Å². The number of hydrogen-bond acceptors (Lipinski definition) is 5. The number of rotatable bonds is 6. The van der Waals surface area contributed by atoms with Crippen LogP contribution in [-0.2, 0) is 10.0 Å². The van der Waals surface area contributed by atoms with E-state index in [0.29, 0.717) is 16.7 Å². The Balaban J connectivity index is 1.71. The third-order valence-electron chi connectivity index (χ3n) is 3.79. The highest BCUT2D eigenvalue weighted by Crippen LogP contribution is 2.20. The average Bonchev–Trinajstić information content (AvgIpc) is 2.62. The van der Waals surface area contributed by atoms with Crippen LogP contribution in [0.1, 0.15) is 0 Å². The van der Waals surface area contributed by atoms with Crippen LogP contribution in [0, 0.1) is 5.82 Å². The van der Waals surface area contributed by atoms with Crippen molar-refractivity contribution in [3.63, 3.8) is 0 Å². The molecule has 6 nitrogen and oxygen atoms in total. The van der Waals surface area contributed by atoms with E-state index in [4.69, 9.17) is 9.15 Å². The summed E-state index contributed by atoms with van der Waals surface area (Å²) in [6.45, 7) is 0.228. The maximum absolute atomic E-state index is 12.8. The molecule has 0 bridgehead atoms. The molecular weight excluding hydrogens is 361 g/mol. The first-order valence-corrected chi connectivity index (χ1v) is 9.19. The topological polar surface area (TPSA) is 76.8 Å². The fraction of sp³-hybridized carbons (Fsp3) is 0.167. The highest BCUT2D eigenvalue weighted by molar-refractivity contribution is 7.89. The van der Waals surface area contributed by atoms with Crippen molar-refractivity contribution in [2.45, 2.75) is 4.90 Å². The predicted octanol–water partition coefficient (Wildman–Crippen LogP) is 2.63. The Morgan fingerprint density at radius 1 is 1.08 bits per heavy atom. The molecule has 0 N–H and O–H groups in total. The zero-order chi connectivity index (χ0) is 18.7. The van der Waals surface area contributed by atoms with Gasteiger partial charge in [-0.25, -0.2) is 17.6 Å². The lowest BCUT2D eigenvalue weighted by Crippen LogP contribution is -2.31. The van der Waals surface area contributed by atoms with Gasteiger partial charge in [0, 0.05) is 25.0 Å². The van der Waals surface area contributed by atoms with Crippen molar-refractivity contribution in [2.75, 3.05) is 20.2 Å². The Bertz CT molecular complexity index is 1080. The van der Waals surface area contributed by atoms with Crippen LogP contribution in [-0.4, -0.2) is 32.9 Å². The van der Waals surface area contributed by atoms with E-state index in [1.54, 1.807) is 0 Å². The summed E-state index contributed by atoms with van der Waals surface area (Å²) in [5, 5.41) is 0.515. The first kappa shape index (κ1) is 18.1. The maximum atomic E-state index is 12.8. The molecular formula is C18H16FNO5S. The number of halogens is 1. The molecule has 0 saturated carbocycles. The van der Waals surface area contributed by atoms with Gasteiger partial charge in [-0.1, -0.05) is 0 Å². The molecule has 26 heavy (non-hydrogen) atoms. The summed E-state index contributed by atoms with van der Waals surface area (Å²) < 4.78 is 49.8. The lowest BCUT2D eigenvalue weighted by Gasteiger charge is -2.17.